The molecule has 0 unspecified atom stereocenters. The molecule has 0 bridgehead atoms. The van der Waals surface area contributed by atoms with Crippen LogP contribution >= 0.6 is 0 Å². The largest absolute Gasteiger partial charge is 1.00 e. The van der Waals surface area contributed by atoms with Crippen LogP contribution in [-0.4, -0.2) is 73.4 Å². The molecular weight excluding hydrogens is 529 g/mol. The van der Waals surface area contributed by atoms with Gasteiger partial charge in [-0.2, -0.15) is 65.9 Å². The third-order valence-electron chi connectivity index (χ3n) is 3.98. The molecule has 0 aliphatic carbocycles. The molecule has 0 aromatic heterocycles. The molecule has 0 saturated carbocycles. The van der Waals surface area contributed by atoms with Crippen LogP contribution in [0, 0.1) is 0 Å². The molecule has 196 valence electrons. The summed E-state index contributed by atoms with van der Waals surface area (Å²) in [6.45, 7) is 0. The van der Waals surface area contributed by atoms with Crippen molar-refractivity contribution in [2.75, 3.05) is 21.1 Å². The van der Waals surface area contributed by atoms with Crippen molar-refractivity contribution in [1.29, 1.82) is 0 Å². The van der Waals surface area contributed by atoms with Crippen LogP contribution in [0.5, 0.6) is 0 Å². The maximum Gasteiger partial charge on any atom is 0.461 e. The van der Waals surface area contributed by atoms with Crippen LogP contribution in [0.25, 0.3) is 0 Å². The van der Waals surface area contributed by atoms with Crippen LogP contribution in [0.3, 0.4) is 0 Å². The van der Waals surface area contributed by atoms with Crippen molar-refractivity contribution < 1.29 is 91.5 Å². The van der Waals surface area contributed by atoms with Crippen molar-refractivity contribution in [2.24, 2.45) is 0 Å². The molecule has 32 heavy (non-hydrogen) atoms. The maximum absolute atomic E-state index is 13.6. The summed E-state index contributed by atoms with van der Waals surface area (Å²) in [7, 11) is -0.0412. The van der Waals surface area contributed by atoms with E-state index in [9.17, 15) is 74.6 Å². The lowest BCUT2D eigenvalue weighted by atomic mass is 9.89. The summed E-state index contributed by atoms with van der Waals surface area (Å²) in [5.74, 6) is -46.8. The second kappa shape index (κ2) is 8.37. The van der Waals surface area contributed by atoms with Crippen LogP contribution < -0.4 is 12.4 Å². The van der Waals surface area contributed by atoms with Crippen LogP contribution in [0.1, 0.15) is 12.8 Å². The highest BCUT2D eigenvalue weighted by molar-refractivity contribution is 5.13. The summed E-state index contributed by atoms with van der Waals surface area (Å²) in [5, 5.41) is 0. The van der Waals surface area contributed by atoms with Gasteiger partial charge in [0.1, 0.15) is 0 Å². The Morgan fingerprint density at radius 3 is 1.00 bits per heavy atom. The van der Waals surface area contributed by atoms with Gasteiger partial charge in [-0.25, -0.2) is 0 Å². The van der Waals surface area contributed by atoms with Crippen LogP contribution in [0.4, 0.5) is 74.6 Å². The lowest BCUT2D eigenvalue weighted by Gasteiger charge is -2.44. The summed E-state index contributed by atoms with van der Waals surface area (Å²) in [6, 6.07) is -6.36. The molecule has 0 aromatic rings. The number of nitrogens with zero attached hydrogens (tertiary/aromatic N) is 1. The highest BCUT2D eigenvalue weighted by Gasteiger charge is 2.94. The number of hydrogen-bond acceptors (Lipinski definition) is 0. The number of alkyl halides is 17. The first-order valence-electron chi connectivity index (χ1n) is 7.49. The standard InChI is InChI=1S/C13H13F17N.ClH/c1-31(2,3)13(29,30)12(27,28)11(25,26)10(23,24)9(21,22)8(19,20)6(14,15)4-5-7(16,17)18;/h4-5H2,1-3H3;1H/q+1;/p-1. The molecule has 0 atom stereocenters. The summed E-state index contributed by atoms with van der Waals surface area (Å²) < 4.78 is 222. The lowest BCUT2D eigenvalue weighted by Crippen LogP contribution is -3.00. The molecule has 0 fully saturated rings. The summed E-state index contributed by atoms with van der Waals surface area (Å²) in [4.78, 5) is 0. The molecule has 0 saturated heterocycles. The average Bonchev–Trinajstić information content (AvgIpc) is 2.50. The number of hydrogen-bond donors (Lipinski definition) is 0. The minimum atomic E-state index is -8.30. The van der Waals surface area contributed by atoms with Gasteiger partial charge >= 0.3 is 47.8 Å². The highest BCUT2D eigenvalue weighted by atomic mass is 35.5. The van der Waals surface area contributed by atoms with Crippen molar-refractivity contribution in [3.05, 3.63) is 0 Å². The predicted octanol–water partition coefficient (Wildman–Crippen LogP) is 3.44. The van der Waals surface area contributed by atoms with E-state index in [1.54, 1.807) is 0 Å². The Balaban J connectivity index is 0. The molecule has 1 nitrogen and oxygen atoms in total. The van der Waals surface area contributed by atoms with Gasteiger partial charge in [-0.05, 0) is 0 Å². The van der Waals surface area contributed by atoms with E-state index in [1.165, 1.54) is 0 Å². The zero-order valence-corrected chi connectivity index (χ0v) is 16.4. The van der Waals surface area contributed by atoms with Gasteiger partial charge in [-0.1, -0.05) is 0 Å². The Labute approximate surface area is 174 Å². The number of quaternary nitrogens is 1. The topological polar surface area (TPSA) is 0 Å². The smallest absolute Gasteiger partial charge is 0.461 e. The molecule has 0 aliphatic heterocycles. The van der Waals surface area contributed by atoms with Crippen molar-refractivity contribution >= 4 is 0 Å². The van der Waals surface area contributed by atoms with Crippen LogP contribution in [0.2, 0.25) is 0 Å². The molecule has 0 aromatic carbocycles. The molecule has 19 heteroatoms. The van der Waals surface area contributed by atoms with E-state index in [-0.39, 0.29) is 33.6 Å². The normalized spacial score (nSPS) is 16.1. The molecule has 0 spiro atoms. The molecule has 0 N–H and O–H groups in total. The third kappa shape index (κ3) is 4.80. The second-order valence-corrected chi connectivity index (χ2v) is 7.25. The van der Waals surface area contributed by atoms with E-state index in [1.807, 2.05) is 0 Å². The fourth-order valence-electron chi connectivity index (χ4n) is 1.89. The SMILES string of the molecule is C[N+](C)(C)C(F)(F)C(F)(F)C(F)(F)C(F)(F)C(F)(F)C(F)(F)C(F)(F)CCC(F)(F)F.[Cl-]. The van der Waals surface area contributed by atoms with E-state index in [0.717, 1.165) is 0 Å². The quantitative estimate of drug-likeness (QED) is 0.238. The Morgan fingerprint density at radius 1 is 0.438 bits per heavy atom. The first-order valence-corrected chi connectivity index (χ1v) is 7.49. The minimum absolute atomic E-state index is 0. The predicted molar refractivity (Wildman–Crippen MR) is 68.0 cm³/mol. The molecular formula is C13H13ClF17N. The van der Waals surface area contributed by atoms with Gasteiger partial charge in [0.2, 0.25) is 0 Å². The van der Waals surface area contributed by atoms with E-state index in [4.69, 9.17) is 0 Å². The van der Waals surface area contributed by atoms with E-state index < -0.39 is 65.1 Å². The lowest BCUT2D eigenvalue weighted by molar-refractivity contribution is -0.975. The van der Waals surface area contributed by atoms with E-state index >= 15 is 0 Å². The Morgan fingerprint density at radius 2 is 0.719 bits per heavy atom. The van der Waals surface area contributed by atoms with Gasteiger partial charge in [0, 0.05) is 12.8 Å². The first kappa shape index (κ1) is 33.2. The monoisotopic (exact) mass is 541 g/mol. The zero-order valence-electron chi connectivity index (χ0n) is 15.7. The average molecular weight is 542 g/mol. The van der Waals surface area contributed by atoms with Gasteiger partial charge in [0.25, 0.3) is 0 Å². The van der Waals surface area contributed by atoms with Gasteiger partial charge in [-0.15, -0.1) is 8.78 Å². The summed E-state index contributed by atoms with van der Waals surface area (Å²) >= 11 is 0. The second-order valence-electron chi connectivity index (χ2n) is 7.25. The van der Waals surface area contributed by atoms with E-state index in [2.05, 4.69) is 0 Å². The van der Waals surface area contributed by atoms with Gasteiger partial charge < -0.3 is 12.4 Å². The van der Waals surface area contributed by atoms with Gasteiger partial charge in [0.05, 0.1) is 21.1 Å². The van der Waals surface area contributed by atoms with Crippen molar-refractivity contribution in [2.45, 2.75) is 60.6 Å². The third-order valence-corrected chi connectivity index (χ3v) is 3.98. The van der Waals surface area contributed by atoms with Crippen LogP contribution in [-0.2, 0) is 0 Å². The Hall–Kier alpha value is -0.940. The minimum Gasteiger partial charge on any atom is -1.00 e. The Bertz CT molecular complexity index is 646. The molecule has 0 rings (SSSR count). The molecule has 0 amide bonds. The molecule has 0 radical (unpaired) electrons. The Kier molecular flexibility index (Phi) is 8.70. The number of rotatable bonds is 9. The van der Waals surface area contributed by atoms with Crippen molar-refractivity contribution in [3.8, 4) is 0 Å². The first-order chi connectivity index (χ1) is 13.0. The fourth-order valence-corrected chi connectivity index (χ4v) is 1.89. The highest BCUT2D eigenvalue weighted by Crippen LogP contribution is 2.63. The van der Waals surface area contributed by atoms with Crippen molar-refractivity contribution in [1.82, 2.24) is 0 Å². The molecule has 0 heterocycles. The zero-order chi connectivity index (χ0) is 25.9. The van der Waals surface area contributed by atoms with Crippen LogP contribution in [0.15, 0.2) is 0 Å². The van der Waals surface area contributed by atoms with Gasteiger partial charge in [-0.3, -0.25) is 4.48 Å². The molecule has 0 aliphatic rings. The fraction of sp³-hybridized carbons (Fsp3) is 1.00. The van der Waals surface area contributed by atoms with E-state index in [0.29, 0.717) is 0 Å². The van der Waals surface area contributed by atoms with Gasteiger partial charge in [0.15, 0.2) is 0 Å². The number of halogens is 18. The van der Waals surface area contributed by atoms with Crippen molar-refractivity contribution in [3.63, 3.8) is 0 Å². The summed E-state index contributed by atoms with van der Waals surface area (Å²) in [6.07, 6.45) is -12.1. The summed E-state index contributed by atoms with van der Waals surface area (Å²) in [5.41, 5.74) is 0. The maximum atomic E-state index is 13.6.